The zero-order chi connectivity index (χ0) is 13.9. The lowest BCUT2D eigenvalue weighted by atomic mass is 9.98. The zero-order valence-electron chi connectivity index (χ0n) is 10.5. The SMILES string of the molecule is NC1Cc2ccccc2N(CCOCC(F)(F)F)C1. The van der Waals surface area contributed by atoms with Crippen molar-refractivity contribution in [3.63, 3.8) is 0 Å². The molecule has 2 rings (SSSR count). The van der Waals surface area contributed by atoms with Gasteiger partial charge in [0.1, 0.15) is 6.61 Å². The van der Waals surface area contributed by atoms with Crippen molar-refractivity contribution in [2.24, 2.45) is 5.73 Å². The maximum absolute atomic E-state index is 12.0. The number of fused-ring (bicyclic) bond motifs is 1. The average molecular weight is 274 g/mol. The first-order valence-corrected chi connectivity index (χ1v) is 6.18. The lowest BCUT2D eigenvalue weighted by Crippen LogP contribution is -2.44. The number of nitrogens with two attached hydrogens (primary N) is 1. The standard InChI is InChI=1S/C13H17F3N2O/c14-13(15,16)9-19-6-5-18-8-11(17)7-10-3-1-2-4-12(10)18/h1-4,11H,5-9,17H2. The van der Waals surface area contributed by atoms with Gasteiger partial charge in [0, 0.05) is 24.8 Å². The highest BCUT2D eigenvalue weighted by molar-refractivity contribution is 5.56. The summed E-state index contributed by atoms with van der Waals surface area (Å²) in [5, 5.41) is 0. The molecule has 1 atom stereocenters. The first-order chi connectivity index (χ1) is 8.96. The van der Waals surface area contributed by atoms with Crippen LogP contribution in [0.3, 0.4) is 0 Å². The first-order valence-electron chi connectivity index (χ1n) is 6.18. The van der Waals surface area contributed by atoms with Crippen LogP contribution in [0.25, 0.3) is 0 Å². The van der Waals surface area contributed by atoms with Crippen LogP contribution >= 0.6 is 0 Å². The number of benzene rings is 1. The molecule has 0 radical (unpaired) electrons. The van der Waals surface area contributed by atoms with Crippen molar-refractivity contribution in [2.45, 2.75) is 18.6 Å². The van der Waals surface area contributed by atoms with Crippen molar-refractivity contribution < 1.29 is 17.9 Å². The molecule has 0 bridgehead atoms. The van der Waals surface area contributed by atoms with Gasteiger partial charge in [0.25, 0.3) is 0 Å². The smallest absolute Gasteiger partial charge is 0.370 e. The predicted octanol–water partition coefficient (Wildman–Crippen LogP) is 1.96. The summed E-state index contributed by atoms with van der Waals surface area (Å²) in [6.45, 7) is -0.0950. The van der Waals surface area contributed by atoms with E-state index in [1.54, 1.807) is 0 Å². The molecule has 0 saturated carbocycles. The molecule has 0 fully saturated rings. The van der Waals surface area contributed by atoms with Crippen molar-refractivity contribution in [3.8, 4) is 0 Å². The number of rotatable bonds is 4. The Hall–Kier alpha value is -1.27. The molecule has 1 unspecified atom stereocenters. The molecular formula is C13H17F3N2O. The van der Waals surface area contributed by atoms with Gasteiger partial charge in [-0.25, -0.2) is 0 Å². The summed E-state index contributed by atoms with van der Waals surface area (Å²) < 4.78 is 40.5. The molecule has 3 nitrogen and oxygen atoms in total. The van der Waals surface area contributed by atoms with Crippen LogP contribution in [0.2, 0.25) is 0 Å². The zero-order valence-corrected chi connectivity index (χ0v) is 10.5. The van der Waals surface area contributed by atoms with E-state index in [1.165, 1.54) is 0 Å². The number of hydrogen-bond acceptors (Lipinski definition) is 3. The van der Waals surface area contributed by atoms with Crippen molar-refractivity contribution in [2.75, 3.05) is 31.2 Å². The molecule has 1 aromatic rings. The highest BCUT2D eigenvalue weighted by atomic mass is 19.4. The van der Waals surface area contributed by atoms with Gasteiger partial charge in [-0.1, -0.05) is 18.2 Å². The molecule has 106 valence electrons. The van der Waals surface area contributed by atoms with E-state index in [-0.39, 0.29) is 12.6 Å². The monoisotopic (exact) mass is 274 g/mol. The van der Waals surface area contributed by atoms with Gasteiger partial charge in [-0.2, -0.15) is 13.2 Å². The summed E-state index contributed by atoms with van der Waals surface area (Å²) >= 11 is 0. The third kappa shape index (κ3) is 4.11. The van der Waals surface area contributed by atoms with Crippen LogP contribution in [-0.4, -0.2) is 38.5 Å². The van der Waals surface area contributed by atoms with Gasteiger partial charge in [-0.05, 0) is 18.1 Å². The summed E-state index contributed by atoms with van der Waals surface area (Å²) in [4.78, 5) is 1.99. The van der Waals surface area contributed by atoms with Crippen LogP contribution < -0.4 is 10.6 Å². The average Bonchev–Trinajstić information content (AvgIpc) is 2.33. The van der Waals surface area contributed by atoms with E-state index in [2.05, 4.69) is 4.74 Å². The van der Waals surface area contributed by atoms with Gasteiger partial charge < -0.3 is 15.4 Å². The number of ether oxygens (including phenoxy) is 1. The Morgan fingerprint density at radius 1 is 1.32 bits per heavy atom. The molecule has 0 aromatic heterocycles. The van der Waals surface area contributed by atoms with Crippen LogP contribution in [0.15, 0.2) is 24.3 Å². The molecule has 19 heavy (non-hydrogen) atoms. The van der Waals surface area contributed by atoms with Gasteiger partial charge in [0.15, 0.2) is 0 Å². The molecule has 1 aliphatic heterocycles. The molecule has 1 aliphatic rings. The third-order valence-electron chi connectivity index (χ3n) is 3.04. The van der Waals surface area contributed by atoms with E-state index in [0.29, 0.717) is 13.1 Å². The molecule has 1 heterocycles. The van der Waals surface area contributed by atoms with Gasteiger partial charge in [0.05, 0.1) is 6.61 Å². The second-order valence-corrected chi connectivity index (χ2v) is 4.71. The summed E-state index contributed by atoms with van der Waals surface area (Å²) in [6, 6.07) is 7.83. The highest BCUT2D eigenvalue weighted by Crippen LogP contribution is 2.26. The third-order valence-corrected chi connectivity index (χ3v) is 3.04. The Bertz CT molecular complexity index is 423. The fourth-order valence-electron chi connectivity index (χ4n) is 2.29. The van der Waals surface area contributed by atoms with Gasteiger partial charge in [0.2, 0.25) is 0 Å². The van der Waals surface area contributed by atoms with E-state index in [1.807, 2.05) is 29.2 Å². The van der Waals surface area contributed by atoms with Crippen LogP contribution in [0.5, 0.6) is 0 Å². The molecule has 6 heteroatoms. The topological polar surface area (TPSA) is 38.5 Å². The van der Waals surface area contributed by atoms with Crippen molar-refractivity contribution in [3.05, 3.63) is 29.8 Å². The van der Waals surface area contributed by atoms with Gasteiger partial charge in [-0.15, -0.1) is 0 Å². The predicted molar refractivity (Wildman–Crippen MR) is 67.2 cm³/mol. The highest BCUT2D eigenvalue weighted by Gasteiger charge is 2.27. The summed E-state index contributed by atoms with van der Waals surface area (Å²) in [7, 11) is 0. The van der Waals surface area contributed by atoms with E-state index < -0.39 is 12.8 Å². The lowest BCUT2D eigenvalue weighted by Gasteiger charge is -2.34. The Labute approximate surface area is 110 Å². The normalized spacial score (nSPS) is 19.4. The Morgan fingerprint density at radius 2 is 2.05 bits per heavy atom. The molecule has 0 aliphatic carbocycles. The quantitative estimate of drug-likeness (QED) is 0.853. The molecule has 0 saturated heterocycles. The number of para-hydroxylation sites is 1. The van der Waals surface area contributed by atoms with E-state index in [0.717, 1.165) is 17.7 Å². The van der Waals surface area contributed by atoms with Crippen molar-refractivity contribution in [1.82, 2.24) is 0 Å². The Kier molecular flexibility index (Phi) is 4.31. The van der Waals surface area contributed by atoms with Crippen LogP contribution in [-0.2, 0) is 11.2 Å². The number of anilines is 1. The molecule has 0 amide bonds. The maximum Gasteiger partial charge on any atom is 0.411 e. The number of hydrogen-bond donors (Lipinski definition) is 1. The van der Waals surface area contributed by atoms with Crippen molar-refractivity contribution >= 4 is 5.69 Å². The molecule has 1 aromatic carbocycles. The van der Waals surface area contributed by atoms with Gasteiger partial charge in [-0.3, -0.25) is 0 Å². The van der Waals surface area contributed by atoms with Crippen molar-refractivity contribution in [1.29, 1.82) is 0 Å². The second-order valence-electron chi connectivity index (χ2n) is 4.71. The molecular weight excluding hydrogens is 257 g/mol. The minimum atomic E-state index is -4.27. The Balaban J connectivity index is 1.90. The van der Waals surface area contributed by atoms with E-state index in [4.69, 9.17) is 5.73 Å². The lowest BCUT2D eigenvalue weighted by molar-refractivity contribution is -0.173. The largest absolute Gasteiger partial charge is 0.411 e. The van der Waals surface area contributed by atoms with E-state index >= 15 is 0 Å². The minimum Gasteiger partial charge on any atom is -0.370 e. The minimum absolute atomic E-state index is 0.0116. The van der Waals surface area contributed by atoms with Crippen LogP contribution in [0.1, 0.15) is 5.56 Å². The maximum atomic E-state index is 12.0. The fraction of sp³-hybridized carbons (Fsp3) is 0.538. The fourth-order valence-corrected chi connectivity index (χ4v) is 2.29. The number of nitrogens with zero attached hydrogens (tertiary/aromatic N) is 1. The molecule has 2 N–H and O–H groups in total. The summed E-state index contributed by atoms with van der Waals surface area (Å²) in [6.07, 6.45) is -3.47. The van der Waals surface area contributed by atoms with Gasteiger partial charge >= 0.3 is 6.18 Å². The summed E-state index contributed by atoms with van der Waals surface area (Å²) in [5.41, 5.74) is 8.13. The summed E-state index contributed by atoms with van der Waals surface area (Å²) in [5.74, 6) is 0. The Morgan fingerprint density at radius 3 is 2.79 bits per heavy atom. The second kappa shape index (κ2) is 5.79. The molecule has 0 spiro atoms. The van der Waals surface area contributed by atoms with Crippen LogP contribution in [0, 0.1) is 0 Å². The van der Waals surface area contributed by atoms with E-state index in [9.17, 15) is 13.2 Å². The van der Waals surface area contributed by atoms with Crippen LogP contribution in [0.4, 0.5) is 18.9 Å². The number of halogens is 3. The number of alkyl halides is 3. The first kappa shape index (κ1) is 14.1.